The number of hydrogen-bond donors (Lipinski definition) is 0. The fourth-order valence-electron chi connectivity index (χ4n) is 1.67. The fraction of sp³-hybridized carbons (Fsp3) is 0.500. The van der Waals surface area contributed by atoms with Gasteiger partial charge in [0.1, 0.15) is 16.9 Å². The van der Waals surface area contributed by atoms with Crippen molar-refractivity contribution in [2.24, 2.45) is 7.05 Å². The average molecular weight is 259 g/mol. The minimum atomic E-state index is 0.303. The van der Waals surface area contributed by atoms with Gasteiger partial charge in [0.15, 0.2) is 10.3 Å². The summed E-state index contributed by atoms with van der Waals surface area (Å²) >= 11 is 11.9. The molecular formula is C10H12Cl2N4. The molecule has 0 bridgehead atoms. The summed E-state index contributed by atoms with van der Waals surface area (Å²) in [5.41, 5.74) is 1.39. The van der Waals surface area contributed by atoms with Crippen LogP contribution in [0.2, 0.25) is 10.3 Å². The first-order chi connectivity index (χ1) is 7.65. The molecule has 0 aliphatic heterocycles. The van der Waals surface area contributed by atoms with E-state index < -0.39 is 0 Å². The summed E-state index contributed by atoms with van der Waals surface area (Å²) in [5.74, 6) is 0.968. The predicted octanol–water partition coefficient (Wildman–Crippen LogP) is 3.01. The third-order valence-corrected chi connectivity index (χ3v) is 3.07. The Balaban J connectivity index is 2.58. The van der Waals surface area contributed by atoms with E-state index in [1.165, 1.54) is 0 Å². The van der Waals surface area contributed by atoms with Gasteiger partial charge < -0.3 is 4.57 Å². The molecule has 0 spiro atoms. The van der Waals surface area contributed by atoms with Gasteiger partial charge in [-0.2, -0.15) is 0 Å². The Bertz CT molecular complexity index is 521. The van der Waals surface area contributed by atoms with E-state index in [0.717, 1.165) is 30.6 Å². The number of aromatic nitrogens is 4. The van der Waals surface area contributed by atoms with Crippen LogP contribution in [-0.2, 0) is 13.5 Å². The van der Waals surface area contributed by atoms with Gasteiger partial charge in [0.2, 0.25) is 0 Å². The quantitative estimate of drug-likeness (QED) is 0.850. The highest BCUT2D eigenvalue weighted by molar-refractivity contribution is 6.37. The third-order valence-electron chi connectivity index (χ3n) is 2.56. The van der Waals surface area contributed by atoms with Crippen LogP contribution in [0.4, 0.5) is 0 Å². The molecule has 0 unspecified atom stereocenters. The maximum atomic E-state index is 5.99. The monoisotopic (exact) mass is 258 g/mol. The lowest BCUT2D eigenvalue weighted by Crippen LogP contribution is -1.98. The standard InChI is InChI=1S/C10H12Cl2N4/c1-3-4-5-6-13-7-8(16(6)2)10(12)15-14-9(7)11/h3-5H2,1-2H3. The van der Waals surface area contributed by atoms with E-state index >= 15 is 0 Å². The van der Waals surface area contributed by atoms with Crippen LogP contribution >= 0.6 is 23.2 Å². The number of hydrogen-bond acceptors (Lipinski definition) is 3. The Morgan fingerprint density at radius 2 is 1.88 bits per heavy atom. The van der Waals surface area contributed by atoms with Gasteiger partial charge in [-0.3, -0.25) is 0 Å². The maximum absolute atomic E-state index is 5.99. The zero-order valence-electron chi connectivity index (χ0n) is 9.17. The Morgan fingerprint density at radius 3 is 2.50 bits per heavy atom. The number of unbranched alkanes of at least 4 members (excludes halogenated alkanes) is 1. The zero-order valence-corrected chi connectivity index (χ0v) is 10.7. The van der Waals surface area contributed by atoms with E-state index in [1.54, 1.807) is 0 Å². The Hall–Kier alpha value is -0.870. The smallest absolute Gasteiger partial charge is 0.179 e. The molecule has 2 heterocycles. The summed E-state index contributed by atoms with van der Waals surface area (Å²) in [7, 11) is 1.92. The lowest BCUT2D eigenvalue weighted by molar-refractivity contribution is 0.720. The maximum Gasteiger partial charge on any atom is 0.179 e. The van der Waals surface area contributed by atoms with Gasteiger partial charge in [-0.1, -0.05) is 36.5 Å². The number of rotatable bonds is 3. The normalized spacial score (nSPS) is 11.2. The van der Waals surface area contributed by atoms with Gasteiger partial charge in [0, 0.05) is 13.5 Å². The summed E-state index contributed by atoms with van der Waals surface area (Å²) in [5, 5.41) is 8.18. The fourth-order valence-corrected chi connectivity index (χ4v) is 2.09. The molecule has 0 saturated heterocycles. The molecule has 0 aromatic carbocycles. The first-order valence-electron chi connectivity index (χ1n) is 5.18. The van der Waals surface area contributed by atoms with Crippen molar-refractivity contribution in [1.82, 2.24) is 19.7 Å². The summed E-state index contributed by atoms with van der Waals surface area (Å²) in [4.78, 5) is 4.45. The molecule has 0 fully saturated rings. The molecule has 0 N–H and O–H groups in total. The molecule has 0 saturated carbocycles. The van der Waals surface area contributed by atoms with Gasteiger partial charge in [0.05, 0.1) is 0 Å². The van der Waals surface area contributed by atoms with Crippen molar-refractivity contribution in [3.63, 3.8) is 0 Å². The molecule has 0 amide bonds. The second-order valence-corrected chi connectivity index (χ2v) is 4.39. The van der Waals surface area contributed by atoms with E-state index in [-0.39, 0.29) is 0 Å². The van der Waals surface area contributed by atoms with Gasteiger partial charge >= 0.3 is 0 Å². The van der Waals surface area contributed by atoms with E-state index in [2.05, 4.69) is 22.1 Å². The van der Waals surface area contributed by atoms with Crippen LogP contribution in [-0.4, -0.2) is 19.7 Å². The van der Waals surface area contributed by atoms with Crippen LogP contribution in [0.1, 0.15) is 25.6 Å². The predicted molar refractivity (Wildman–Crippen MR) is 64.9 cm³/mol. The van der Waals surface area contributed by atoms with Gasteiger partial charge in [-0.05, 0) is 6.42 Å². The lowest BCUT2D eigenvalue weighted by atomic mass is 10.2. The molecule has 2 rings (SSSR count). The molecule has 0 atom stereocenters. The molecule has 0 aliphatic rings. The number of nitrogens with zero attached hydrogens (tertiary/aromatic N) is 4. The highest BCUT2D eigenvalue weighted by atomic mass is 35.5. The Kier molecular flexibility index (Phi) is 3.30. The second-order valence-electron chi connectivity index (χ2n) is 3.67. The van der Waals surface area contributed by atoms with Crippen molar-refractivity contribution in [3.05, 3.63) is 16.1 Å². The molecule has 2 aromatic heterocycles. The van der Waals surface area contributed by atoms with E-state index in [9.17, 15) is 0 Å². The molecule has 0 radical (unpaired) electrons. The Labute approximate surface area is 104 Å². The summed E-state index contributed by atoms with van der Waals surface area (Å²) in [6.07, 6.45) is 3.13. The highest BCUT2D eigenvalue weighted by Crippen LogP contribution is 2.26. The van der Waals surface area contributed by atoms with Gasteiger partial charge in [-0.25, -0.2) is 4.98 Å². The number of imidazole rings is 1. The molecule has 86 valence electrons. The van der Waals surface area contributed by atoms with Gasteiger partial charge in [0.25, 0.3) is 0 Å². The first-order valence-corrected chi connectivity index (χ1v) is 5.93. The van der Waals surface area contributed by atoms with Crippen LogP contribution in [0.5, 0.6) is 0 Å². The SMILES string of the molecule is CCCCc1nc2c(Cl)nnc(Cl)c2n1C. The van der Waals surface area contributed by atoms with Crippen molar-refractivity contribution < 1.29 is 0 Å². The van der Waals surface area contributed by atoms with Crippen molar-refractivity contribution in [2.75, 3.05) is 0 Å². The number of halogens is 2. The van der Waals surface area contributed by atoms with Crippen molar-refractivity contribution in [1.29, 1.82) is 0 Å². The average Bonchev–Trinajstić information content (AvgIpc) is 2.60. The summed E-state index contributed by atoms with van der Waals surface area (Å²) in [6, 6.07) is 0. The van der Waals surface area contributed by atoms with Crippen LogP contribution in [0, 0.1) is 0 Å². The highest BCUT2D eigenvalue weighted by Gasteiger charge is 2.15. The molecule has 0 aliphatic carbocycles. The summed E-state index contributed by atoms with van der Waals surface area (Å²) < 4.78 is 1.94. The van der Waals surface area contributed by atoms with Crippen LogP contribution in [0.3, 0.4) is 0 Å². The second kappa shape index (κ2) is 4.55. The topological polar surface area (TPSA) is 43.6 Å². The lowest BCUT2D eigenvalue weighted by Gasteiger charge is -2.01. The van der Waals surface area contributed by atoms with E-state index in [0.29, 0.717) is 15.8 Å². The minimum Gasteiger partial charge on any atom is -0.328 e. The van der Waals surface area contributed by atoms with E-state index in [4.69, 9.17) is 23.2 Å². The minimum absolute atomic E-state index is 0.303. The molecule has 4 nitrogen and oxygen atoms in total. The summed E-state index contributed by atoms with van der Waals surface area (Å²) in [6.45, 7) is 2.14. The van der Waals surface area contributed by atoms with Gasteiger partial charge in [-0.15, -0.1) is 10.2 Å². The largest absolute Gasteiger partial charge is 0.328 e. The number of aryl methyl sites for hydroxylation is 2. The number of fused-ring (bicyclic) bond motifs is 1. The molecule has 6 heteroatoms. The molecule has 2 aromatic rings. The van der Waals surface area contributed by atoms with Crippen molar-refractivity contribution >= 4 is 34.2 Å². The van der Waals surface area contributed by atoms with Crippen LogP contribution in [0.25, 0.3) is 11.0 Å². The molecule has 16 heavy (non-hydrogen) atoms. The molecular weight excluding hydrogens is 247 g/mol. The first kappa shape index (κ1) is 11.6. The van der Waals surface area contributed by atoms with Crippen LogP contribution in [0.15, 0.2) is 0 Å². The Morgan fingerprint density at radius 1 is 1.19 bits per heavy atom. The van der Waals surface area contributed by atoms with Crippen molar-refractivity contribution in [3.8, 4) is 0 Å². The van der Waals surface area contributed by atoms with Crippen LogP contribution < -0.4 is 0 Å². The van der Waals surface area contributed by atoms with E-state index in [1.807, 2.05) is 11.6 Å². The van der Waals surface area contributed by atoms with Crippen molar-refractivity contribution in [2.45, 2.75) is 26.2 Å². The zero-order chi connectivity index (χ0) is 11.7. The third kappa shape index (κ3) is 1.87.